The summed E-state index contributed by atoms with van der Waals surface area (Å²) in [6, 6.07) is 11.8. The largest absolute Gasteiger partial charge is 0.508 e. The molecule has 0 amide bonds. The number of nitrogens with zero attached hydrogens (tertiary/aromatic N) is 1. The molecule has 80 valence electrons. The van der Waals surface area contributed by atoms with Crippen molar-refractivity contribution in [2.75, 3.05) is 0 Å². The predicted molar refractivity (Wildman–Crippen MR) is 62.8 cm³/mol. The fourth-order valence-electron chi connectivity index (χ4n) is 1.32. The van der Waals surface area contributed by atoms with Crippen LogP contribution in [0.15, 0.2) is 48.7 Å². The molecule has 0 aliphatic carbocycles. The van der Waals surface area contributed by atoms with E-state index in [2.05, 4.69) is 4.98 Å². The van der Waals surface area contributed by atoms with Gasteiger partial charge in [-0.25, -0.2) is 0 Å². The lowest BCUT2D eigenvalue weighted by atomic mass is 10.1. The number of aliphatic hydroxyl groups is 1. The lowest BCUT2D eigenvalue weighted by Crippen LogP contribution is -1.84. The Kier molecular flexibility index (Phi) is 2.87. The van der Waals surface area contributed by atoms with Crippen LogP contribution in [0.25, 0.3) is 11.8 Å². The van der Waals surface area contributed by atoms with Gasteiger partial charge in [0.15, 0.2) is 0 Å². The maximum atomic E-state index is 9.80. The second-order valence-electron chi connectivity index (χ2n) is 3.33. The van der Waals surface area contributed by atoms with Crippen LogP contribution in [0, 0.1) is 0 Å². The Bertz CT molecular complexity index is 489. The molecule has 0 bridgehead atoms. The van der Waals surface area contributed by atoms with Crippen molar-refractivity contribution in [1.82, 2.24) is 4.98 Å². The van der Waals surface area contributed by atoms with Gasteiger partial charge in [0, 0.05) is 17.8 Å². The molecule has 0 unspecified atom stereocenters. The molecule has 3 nitrogen and oxygen atoms in total. The Morgan fingerprint density at radius 3 is 2.44 bits per heavy atom. The van der Waals surface area contributed by atoms with E-state index in [-0.39, 0.29) is 11.5 Å². The van der Waals surface area contributed by atoms with E-state index in [1.807, 2.05) is 12.1 Å². The van der Waals surface area contributed by atoms with Crippen molar-refractivity contribution in [2.24, 2.45) is 0 Å². The van der Waals surface area contributed by atoms with Gasteiger partial charge >= 0.3 is 0 Å². The maximum absolute atomic E-state index is 9.80. The number of hydrogen-bond acceptors (Lipinski definition) is 3. The zero-order valence-corrected chi connectivity index (χ0v) is 8.54. The zero-order chi connectivity index (χ0) is 11.4. The molecule has 0 radical (unpaired) electrons. The second kappa shape index (κ2) is 4.49. The molecule has 2 N–H and O–H groups in total. The minimum absolute atomic E-state index is 0.124. The van der Waals surface area contributed by atoms with E-state index in [1.165, 1.54) is 12.1 Å². The van der Waals surface area contributed by atoms with Gasteiger partial charge in [0.2, 0.25) is 0 Å². The molecule has 0 atom stereocenters. The van der Waals surface area contributed by atoms with Gasteiger partial charge in [-0.2, -0.15) is 0 Å². The normalized spacial score (nSPS) is 11.4. The van der Waals surface area contributed by atoms with Crippen LogP contribution in [-0.2, 0) is 0 Å². The summed E-state index contributed by atoms with van der Waals surface area (Å²) in [5.41, 5.74) is 1.33. The zero-order valence-electron chi connectivity index (χ0n) is 8.54. The number of hydrogen-bond donors (Lipinski definition) is 2. The summed E-state index contributed by atoms with van der Waals surface area (Å²) in [6.45, 7) is 0. The fourth-order valence-corrected chi connectivity index (χ4v) is 1.32. The summed E-state index contributed by atoms with van der Waals surface area (Å²) in [4.78, 5) is 4.08. The highest BCUT2D eigenvalue weighted by atomic mass is 16.3. The first-order chi connectivity index (χ1) is 7.75. The van der Waals surface area contributed by atoms with Crippen LogP contribution in [0.4, 0.5) is 0 Å². The first kappa shape index (κ1) is 10.2. The molecule has 0 fully saturated rings. The third-order valence-corrected chi connectivity index (χ3v) is 2.14. The van der Waals surface area contributed by atoms with E-state index >= 15 is 0 Å². The summed E-state index contributed by atoms with van der Waals surface area (Å²) >= 11 is 0. The highest BCUT2D eigenvalue weighted by Gasteiger charge is 1.99. The highest BCUT2D eigenvalue weighted by Crippen LogP contribution is 2.17. The minimum Gasteiger partial charge on any atom is -0.508 e. The molecular formula is C13H11NO2. The monoisotopic (exact) mass is 213 g/mol. The van der Waals surface area contributed by atoms with Gasteiger partial charge in [-0.15, -0.1) is 0 Å². The van der Waals surface area contributed by atoms with Crippen LogP contribution in [0.1, 0.15) is 11.3 Å². The molecule has 0 saturated heterocycles. The number of rotatable bonds is 2. The predicted octanol–water partition coefficient (Wildman–Crippen LogP) is 2.84. The first-order valence-electron chi connectivity index (χ1n) is 4.87. The molecule has 0 saturated carbocycles. The number of pyridine rings is 1. The van der Waals surface area contributed by atoms with Crippen molar-refractivity contribution in [3.63, 3.8) is 0 Å². The maximum Gasteiger partial charge on any atom is 0.124 e. The van der Waals surface area contributed by atoms with E-state index in [1.54, 1.807) is 30.5 Å². The molecule has 0 aliphatic heterocycles. The fraction of sp³-hybridized carbons (Fsp3) is 0. The van der Waals surface area contributed by atoms with E-state index in [9.17, 15) is 5.11 Å². The smallest absolute Gasteiger partial charge is 0.124 e. The molecule has 3 heteroatoms. The number of phenols is 1. The molecule has 0 aliphatic rings. The van der Waals surface area contributed by atoms with Gasteiger partial charge in [0.05, 0.1) is 5.69 Å². The van der Waals surface area contributed by atoms with E-state index in [4.69, 9.17) is 5.11 Å². The standard InChI is InChI=1S/C13H11NO2/c15-12-6-4-10(5-7-12)13(16)9-11-3-1-2-8-14-11/h1-9,15-16H/b13-9+. The molecular weight excluding hydrogens is 202 g/mol. The number of aromatic hydroxyl groups is 1. The molecule has 1 aromatic carbocycles. The van der Waals surface area contributed by atoms with Gasteiger partial charge in [0.1, 0.15) is 11.5 Å². The third kappa shape index (κ3) is 2.39. The van der Waals surface area contributed by atoms with Crippen molar-refractivity contribution < 1.29 is 10.2 Å². The Morgan fingerprint density at radius 2 is 1.81 bits per heavy atom. The SMILES string of the molecule is O/C(=C/c1ccccn1)c1ccc(O)cc1. The van der Waals surface area contributed by atoms with Crippen LogP contribution >= 0.6 is 0 Å². The van der Waals surface area contributed by atoms with Crippen LogP contribution in [0.3, 0.4) is 0 Å². The number of aliphatic hydroxyl groups excluding tert-OH is 1. The average Bonchev–Trinajstić information content (AvgIpc) is 2.31. The number of aromatic nitrogens is 1. The Hall–Kier alpha value is -2.29. The van der Waals surface area contributed by atoms with Gasteiger partial charge < -0.3 is 10.2 Å². The van der Waals surface area contributed by atoms with Crippen molar-refractivity contribution in [1.29, 1.82) is 0 Å². The van der Waals surface area contributed by atoms with E-state index < -0.39 is 0 Å². The Labute approximate surface area is 93.3 Å². The van der Waals surface area contributed by atoms with Crippen LogP contribution in [-0.4, -0.2) is 15.2 Å². The molecule has 1 aromatic heterocycles. The van der Waals surface area contributed by atoms with Gasteiger partial charge in [-0.3, -0.25) is 4.98 Å². The summed E-state index contributed by atoms with van der Waals surface area (Å²) in [5.74, 6) is 0.299. The third-order valence-electron chi connectivity index (χ3n) is 2.14. The van der Waals surface area contributed by atoms with Crippen LogP contribution < -0.4 is 0 Å². The molecule has 2 rings (SSSR count). The van der Waals surface area contributed by atoms with Gasteiger partial charge in [-0.1, -0.05) is 6.07 Å². The molecule has 0 spiro atoms. The lowest BCUT2D eigenvalue weighted by Gasteiger charge is -2.00. The van der Waals surface area contributed by atoms with Gasteiger partial charge in [-0.05, 0) is 36.4 Å². The first-order valence-corrected chi connectivity index (χ1v) is 4.87. The summed E-state index contributed by atoms with van der Waals surface area (Å²) in [6.07, 6.45) is 3.24. The van der Waals surface area contributed by atoms with Crippen molar-refractivity contribution in [2.45, 2.75) is 0 Å². The highest BCUT2D eigenvalue weighted by molar-refractivity contribution is 5.75. The molecule has 1 heterocycles. The summed E-state index contributed by atoms with van der Waals surface area (Å²) < 4.78 is 0. The van der Waals surface area contributed by atoms with Crippen LogP contribution in [0.2, 0.25) is 0 Å². The van der Waals surface area contributed by atoms with E-state index in [0.29, 0.717) is 11.3 Å². The van der Waals surface area contributed by atoms with Crippen LogP contribution in [0.5, 0.6) is 5.75 Å². The summed E-state index contributed by atoms with van der Waals surface area (Å²) in [7, 11) is 0. The minimum atomic E-state index is 0.124. The summed E-state index contributed by atoms with van der Waals surface area (Å²) in [5, 5.41) is 18.9. The second-order valence-corrected chi connectivity index (χ2v) is 3.33. The average molecular weight is 213 g/mol. The van der Waals surface area contributed by atoms with E-state index in [0.717, 1.165) is 0 Å². The molecule has 16 heavy (non-hydrogen) atoms. The quantitative estimate of drug-likeness (QED) is 0.754. The van der Waals surface area contributed by atoms with Crippen molar-refractivity contribution in [3.05, 3.63) is 59.9 Å². The lowest BCUT2D eigenvalue weighted by molar-refractivity contribution is 0.475. The van der Waals surface area contributed by atoms with Crippen molar-refractivity contribution in [3.8, 4) is 5.75 Å². The van der Waals surface area contributed by atoms with Crippen molar-refractivity contribution >= 4 is 11.8 Å². The Morgan fingerprint density at radius 1 is 1.06 bits per heavy atom. The van der Waals surface area contributed by atoms with Gasteiger partial charge in [0.25, 0.3) is 0 Å². The molecule has 2 aromatic rings. The number of phenolic OH excluding ortho intramolecular Hbond substituents is 1. The number of benzene rings is 1. The Balaban J connectivity index is 2.28. The topological polar surface area (TPSA) is 53.4 Å².